The van der Waals surface area contributed by atoms with E-state index in [-0.39, 0.29) is 31.8 Å². The first-order chi connectivity index (χ1) is 19.7. The minimum Gasteiger partial charge on any atom is -0.465 e. The first-order valence-electron chi connectivity index (χ1n) is 13.8. The Morgan fingerprint density at radius 3 is 2.59 bits per heavy atom. The number of aromatic nitrogens is 1. The van der Waals surface area contributed by atoms with Crippen LogP contribution < -0.4 is 15.0 Å². The second-order valence-corrected chi connectivity index (χ2v) is 11.6. The average Bonchev–Trinajstić information content (AvgIpc) is 3.60. The summed E-state index contributed by atoms with van der Waals surface area (Å²) in [5.41, 5.74) is 3.86. The molecule has 0 fully saturated rings. The Morgan fingerprint density at radius 1 is 1.20 bits per heavy atom. The normalized spacial score (nSPS) is 15.9. The van der Waals surface area contributed by atoms with Crippen molar-refractivity contribution in [2.45, 2.75) is 52.2 Å². The molecule has 1 aliphatic rings. The maximum absolute atomic E-state index is 13.2. The van der Waals surface area contributed by atoms with E-state index in [1.165, 1.54) is 16.2 Å². The van der Waals surface area contributed by atoms with E-state index >= 15 is 0 Å². The Bertz CT molecular complexity index is 1290. The number of carbonyl (C=O) groups excluding carboxylic acids is 1. The van der Waals surface area contributed by atoms with Gasteiger partial charge >= 0.3 is 6.09 Å². The first kappa shape index (κ1) is 30.3. The van der Waals surface area contributed by atoms with Crippen LogP contribution in [0, 0.1) is 5.92 Å². The number of fused-ring (bicyclic) bond motifs is 1. The van der Waals surface area contributed by atoms with Gasteiger partial charge in [-0.2, -0.15) is 0 Å². The summed E-state index contributed by atoms with van der Waals surface area (Å²) in [5, 5.41) is 24.1. The molecule has 3 atom stereocenters. The highest BCUT2D eigenvalue weighted by Crippen LogP contribution is 2.39. The number of rotatable bonds is 13. The van der Waals surface area contributed by atoms with Crippen molar-refractivity contribution in [2.75, 3.05) is 31.6 Å². The third-order valence-electron chi connectivity index (χ3n) is 7.13. The Balaban J connectivity index is 1.49. The Morgan fingerprint density at radius 2 is 1.95 bits per heavy atom. The van der Waals surface area contributed by atoms with Gasteiger partial charge in [0.1, 0.15) is 5.75 Å². The smallest absolute Gasteiger partial charge is 0.407 e. The number of anilines is 1. The number of aliphatic hydroxyl groups is 1. The summed E-state index contributed by atoms with van der Waals surface area (Å²) in [6.45, 7) is 7.96. The summed E-state index contributed by atoms with van der Waals surface area (Å²) in [4.78, 5) is 35.8. The fourth-order valence-corrected chi connectivity index (χ4v) is 5.50. The van der Waals surface area contributed by atoms with Crippen LogP contribution in [0.2, 0.25) is 0 Å². The number of ether oxygens (including phenoxy) is 1. The van der Waals surface area contributed by atoms with Gasteiger partial charge in [-0.15, -0.1) is 11.3 Å². The highest BCUT2D eigenvalue weighted by molar-refractivity contribution is 7.09. The number of amides is 2. The summed E-state index contributed by atoms with van der Waals surface area (Å²) in [6, 6.07) is 14.0. The van der Waals surface area contributed by atoms with E-state index in [1.807, 2.05) is 43.4 Å². The summed E-state index contributed by atoms with van der Waals surface area (Å²) >= 11 is 1.35. The zero-order valence-electron chi connectivity index (χ0n) is 23.9. The lowest BCUT2D eigenvalue weighted by Crippen LogP contribution is -2.51. The lowest BCUT2D eigenvalue weighted by Gasteiger charge is -2.33. The Kier molecular flexibility index (Phi) is 10.2. The van der Waals surface area contributed by atoms with E-state index < -0.39 is 18.2 Å². The number of carboxylic acid groups (broad SMARTS) is 1. The van der Waals surface area contributed by atoms with Crippen molar-refractivity contribution in [3.05, 3.63) is 76.2 Å². The standard InChI is InChI=1S/C30H39N5O5S/c1-5-33(4)29-34(17-20(2)3)24-12-11-22(14-27(24)40-29)28(37)32-16-26(36)25(13-21-9-7-6-8-10-21)35(30(38)39)18-23-15-31-19-41-23/h6-12,14-15,19-20,25-26,29,36H,5,13,16-18H2,1-4H3,(H,32,37)(H,38,39)/t25-,26-,29?/m0/s1. The van der Waals surface area contributed by atoms with Crippen LogP contribution in [0.4, 0.5) is 10.5 Å². The number of benzene rings is 2. The van der Waals surface area contributed by atoms with Gasteiger partial charge in [0.2, 0.25) is 6.35 Å². The monoisotopic (exact) mass is 581 g/mol. The average molecular weight is 582 g/mol. The summed E-state index contributed by atoms with van der Waals surface area (Å²) in [6.07, 6.45) is -0.656. The molecule has 11 heteroatoms. The van der Waals surface area contributed by atoms with Crippen molar-refractivity contribution >= 4 is 29.0 Å². The Hall–Kier alpha value is -3.67. The quantitative estimate of drug-likeness (QED) is 0.276. The van der Waals surface area contributed by atoms with Gasteiger partial charge in [0.25, 0.3) is 5.91 Å². The molecule has 0 bridgehead atoms. The van der Waals surface area contributed by atoms with E-state index in [0.717, 1.165) is 29.2 Å². The molecular formula is C30H39N5O5S. The van der Waals surface area contributed by atoms with Gasteiger partial charge < -0.3 is 25.2 Å². The van der Waals surface area contributed by atoms with Crippen LogP contribution in [-0.4, -0.2) is 82.2 Å². The number of thiazole rings is 1. The van der Waals surface area contributed by atoms with Crippen LogP contribution in [0.5, 0.6) is 5.75 Å². The van der Waals surface area contributed by atoms with E-state index in [9.17, 15) is 19.8 Å². The number of nitrogens with one attached hydrogen (secondary N) is 1. The first-order valence-corrected chi connectivity index (χ1v) is 14.7. The van der Waals surface area contributed by atoms with Crippen molar-refractivity contribution in [3.8, 4) is 5.75 Å². The van der Waals surface area contributed by atoms with Crippen LogP contribution in [0.25, 0.3) is 0 Å². The van der Waals surface area contributed by atoms with Crippen molar-refractivity contribution in [2.24, 2.45) is 5.92 Å². The zero-order chi connectivity index (χ0) is 29.5. The summed E-state index contributed by atoms with van der Waals surface area (Å²) in [7, 11) is 2.00. The predicted octanol–water partition coefficient (Wildman–Crippen LogP) is 4.12. The van der Waals surface area contributed by atoms with Gasteiger partial charge in [-0.1, -0.05) is 51.1 Å². The fourth-order valence-electron chi connectivity index (χ4n) is 4.91. The minimum absolute atomic E-state index is 0.0882. The third-order valence-corrected chi connectivity index (χ3v) is 7.89. The molecule has 1 unspecified atom stereocenters. The highest BCUT2D eigenvalue weighted by Gasteiger charge is 2.35. The Labute approximate surface area is 245 Å². The van der Waals surface area contributed by atoms with E-state index in [2.05, 4.69) is 40.9 Å². The van der Waals surface area contributed by atoms with E-state index in [1.54, 1.807) is 23.8 Å². The number of nitrogens with zero attached hydrogens (tertiary/aromatic N) is 4. The van der Waals surface area contributed by atoms with Crippen molar-refractivity contribution in [1.82, 2.24) is 20.1 Å². The molecule has 2 amide bonds. The van der Waals surface area contributed by atoms with E-state index in [4.69, 9.17) is 4.74 Å². The lowest BCUT2D eigenvalue weighted by molar-refractivity contribution is 0.0437. The molecule has 1 aliphatic heterocycles. The van der Waals surface area contributed by atoms with Gasteiger partial charge in [-0.25, -0.2) is 4.79 Å². The molecule has 0 spiro atoms. The second kappa shape index (κ2) is 13.8. The van der Waals surface area contributed by atoms with Gasteiger partial charge in [0, 0.05) is 36.3 Å². The van der Waals surface area contributed by atoms with Crippen LogP contribution in [0.1, 0.15) is 41.6 Å². The molecule has 2 aromatic carbocycles. The van der Waals surface area contributed by atoms with Gasteiger partial charge in [0.05, 0.1) is 29.9 Å². The number of hydrogen-bond acceptors (Lipinski definition) is 8. The lowest BCUT2D eigenvalue weighted by atomic mass is 9.99. The molecule has 0 aliphatic carbocycles. The molecule has 2 heterocycles. The molecule has 0 saturated carbocycles. The number of carbonyl (C=O) groups is 2. The number of hydrogen-bond donors (Lipinski definition) is 3. The maximum atomic E-state index is 13.2. The molecule has 0 saturated heterocycles. The molecule has 10 nitrogen and oxygen atoms in total. The fraction of sp³-hybridized carbons (Fsp3) is 0.433. The van der Waals surface area contributed by atoms with Crippen LogP contribution in [0.3, 0.4) is 0 Å². The largest absolute Gasteiger partial charge is 0.465 e. The molecule has 3 aromatic rings. The zero-order valence-corrected chi connectivity index (χ0v) is 24.8. The van der Waals surface area contributed by atoms with Crippen LogP contribution in [0.15, 0.2) is 60.2 Å². The second-order valence-electron chi connectivity index (χ2n) is 10.7. The van der Waals surface area contributed by atoms with Crippen molar-refractivity contribution < 1.29 is 24.5 Å². The van der Waals surface area contributed by atoms with Crippen LogP contribution >= 0.6 is 11.3 Å². The van der Waals surface area contributed by atoms with Crippen molar-refractivity contribution in [1.29, 1.82) is 0 Å². The van der Waals surface area contributed by atoms with Gasteiger partial charge in [-0.3, -0.25) is 19.6 Å². The topological polar surface area (TPSA) is 118 Å². The molecule has 4 rings (SSSR count). The van der Waals surface area contributed by atoms with E-state index in [0.29, 0.717) is 17.2 Å². The van der Waals surface area contributed by atoms with Gasteiger partial charge in [0.15, 0.2) is 0 Å². The molecule has 3 N–H and O–H groups in total. The van der Waals surface area contributed by atoms with Crippen molar-refractivity contribution in [3.63, 3.8) is 0 Å². The highest BCUT2D eigenvalue weighted by atomic mass is 32.1. The molecule has 41 heavy (non-hydrogen) atoms. The number of aliphatic hydroxyl groups excluding tert-OH is 1. The summed E-state index contributed by atoms with van der Waals surface area (Å²) < 4.78 is 6.25. The maximum Gasteiger partial charge on any atom is 0.407 e. The third kappa shape index (κ3) is 7.55. The minimum atomic E-state index is -1.15. The predicted molar refractivity (Wildman–Crippen MR) is 159 cm³/mol. The molecule has 220 valence electrons. The molecular weight excluding hydrogens is 542 g/mol. The summed E-state index contributed by atoms with van der Waals surface area (Å²) in [5.74, 6) is 0.681. The van der Waals surface area contributed by atoms with Gasteiger partial charge in [-0.05, 0) is 43.1 Å². The van der Waals surface area contributed by atoms with Crippen LogP contribution in [-0.2, 0) is 13.0 Å². The SMILES string of the molecule is CCN(C)C1Oc2cc(C(=O)NC[C@H](O)[C@H](Cc3ccccc3)N(Cc3cncs3)C(=O)O)ccc2N1CC(C)C. The molecule has 1 aromatic heterocycles. The molecule has 0 radical (unpaired) electrons.